The van der Waals surface area contributed by atoms with Crippen molar-refractivity contribution in [1.29, 1.82) is 10.5 Å². The Morgan fingerprint density at radius 3 is 2.06 bits per heavy atom. The minimum atomic E-state index is -0.934. The molecule has 1 aromatic rings. The summed E-state index contributed by atoms with van der Waals surface area (Å²) in [6.45, 7) is 1.43. The van der Waals surface area contributed by atoms with Gasteiger partial charge in [-0.05, 0) is 6.07 Å². The van der Waals surface area contributed by atoms with Crippen molar-refractivity contribution in [1.82, 2.24) is 0 Å². The highest BCUT2D eigenvalue weighted by Gasteiger charge is 2.27. The summed E-state index contributed by atoms with van der Waals surface area (Å²) >= 11 is 0. The Balaban J connectivity index is 0.000000770. The smallest absolute Gasteiger partial charge is 0.258 e. The fourth-order valence-electron chi connectivity index (χ4n) is 0.961. The predicted octanol–water partition coefficient (Wildman–Crippen LogP) is 1.90. The summed E-state index contributed by atoms with van der Waals surface area (Å²) in [5.74, 6) is 0. The Labute approximate surface area is 95.6 Å². The maximum absolute atomic E-state index is 10.5. The minimum absolute atomic E-state index is 0.316. The number of nitrogens with zero attached hydrogens (tertiary/aromatic N) is 4. The zero-order valence-corrected chi connectivity index (χ0v) is 8.65. The van der Waals surface area contributed by atoms with Gasteiger partial charge in [0.1, 0.15) is 11.6 Å². The molecule has 0 aliphatic carbocycles. The SMILES string of the molecule is CC#N.N#Cc1cccc([N+](=O)[O-])c1[N+](=O)[O-]. The van der Waals surface area contributed by atoms with Gasteiger partial charge in [0, 0.05) is 13.0 Å². The minimum Gasteiger partial charge on any atom is -0.258 e. The lowest BCUT2D eigenvalue weighted by molar-refractivity contribution is -0.422. The monoisotopic (exact) mass is 234 g/mol. The number of nitro benzene ring substituents is 2. The van der Waals surface area contributed by atoms with E-state index >= 15 is 0 Å². The van der Waals surface area contributed by atoms with Crippen LogP contribution in [0.4, 0.5) is 11.4 Å². The maximum atomic E-state index is 10.5. The van der Waals surface area contributed by atoms with Crippen LogP contribution in [0, 0.1) is 42.9 Å². The second kappa shape index (κ2) is 6.48. The molecule has 0 amide bonds. The van der Waals surface area contributed by atoms with Crippen LogP contribution in [-0.4, -0.2) is 9.85 Å². The number of rotatable bonds is 2. The van der Waals surface area contributed by atoms with Gasteiger partial charge in [-0.15, -0.1) is 0 Å². The van der Waals surface area contributed by atoms with Gasteiger partial charge in [-0.3, -0.25) is 20.2 Å². The van der Waals surface area contributed by atoms with Gasteiger partial charge in [-0.2, -0.15) is 10.5 Å². The first-order chi connectivity index (χ1) is 7.99. The topological polar surface area (TPSA) is 134 Å². The standard InChI is InChI=1S/C7H3N3O4.C2H3N/c8-4-5-2-1-3-6(9(11)12)7(5)10(13)14;1-2-3/h1-3H;1H3. The van der Waals surface area contributed by atoms with Crippen molar-refractivity contribution in [2.75, 3.05) is 0 Å². The zero-order valence-electron chi connectivity index (χ0n) is 8.65. The third-order valence-electron chi connectivity index (χ3n) is 1.51. The predicted molar refractivity (Wildman–Crippen MR) is 55.8 cm³/mol. The van der Waals surface area contributed by atoms with Crippen molar-refractivity contribution >= 4 is 11.4 Å². The molecule has 0 spiro atoms. The number of nitriles is 2. The third-order valence-corrected chi connectivity index (χ3v) is 1.51. The van der Waals surface area contributed by atoms with Gasteiger partial charge in [0.2, 0.25) is 0 Å². The molecule has 0 atom stereocenters. The van der Waals surface area contributed by atoms with Crippen LogP contribution in [-0.2, 0) is 0 Å². The lowest BCUT2D eigenvalue weighted by atomic mass is 10.2. The normalized spacial score (nSPS) is 7.94. The molecule has 1 aromatic carbocycles. The molecule has 0 aliphatic rings. The van der Waals surface area contributed by atoms with Crippen LogP contribution in [0.5, 0.6) is 0 Å². The van der Waals surface area contributed by atoms with Gasteiger partial charge < -0.3 is 0 Å². The van der Waals surface area contributed by atoms with Crippen LogP contribution in [0.15, 0.2) is 18.2 Å². The molecule has 0 saturated heterocycles. The summed E-state index contributed by atoms with van der Waals surface area (Å²) in [7, 11) is 0. The molecular weight excluding hydrogens is 228 g/mol. The summed E-state index contributed by atoms with van der Waals surface area (Å²) in [6.07, 6.45) is 0. The fourth-order valence-corrected chi connectivity index (χ4v) is 0.961. The maximum Gasteiger partial charge on any atom is 0.363 e. The molecule has 0 radical (unpaired) electrons. The third kappa shape index (κ3) is 3.57. The van der Waals surface area contributed by atoms with Crippen molar-refractivity contribution in [2.45, 2.75) is 6.92 Å². The lowest BCUT2D eigenvalue weighted by Crippen LogP contribution is -1.98. The van der Waals surface area contributed by atoms with Crippen LogP contribution in [0.1, 0.15) is 12.5 Å². The van der Waals surface area contributed by atoms with Crippen LogP contribution >= 0.6 is 0 Å². The highest BCUT2D eigenvalue weighted by atomic mass is 16.6. The second-order valence-corrected chi connectivity index (χ2v) is 2.52. The molecule has 0 heterocycles. The Kier molecular flexibility index (Phi) is 5.33. The van der Waals surface area contributed by atoms with Gasteiger partial charge in [0.05, 0.1) is 15.9 Å². The van der Waals surface area contributed by atoms with Crippen molar-refractivity contribution in [2.24, 2.45) is 0 Å². The van der Waals surface area contributed by atoms with Crippen molar-refractivity contribution in [3.8, 4) is 12.1 Å². The summed E-state index contributed by atoms with van der Waals surface area (Å²) in [5.41, 5.74) is -1.75. The van der Waals surface area contributed by atoms with Gasteiger partial charge in [-0.1, -0.05) is 6.07 Å². The highest BCUT2D eigenvalue weighted by Crippen LogP contribution is 2.29. The summed E-state index contributed by atoms with van der Waals surface area (Å²) in [5, 5.41) is 36.7. The van der Waals surface area contributed by atoms with E-state index in [0.717, 1.165) is 12.1 Å². The molecule has 86 valence electrons. The van der Waals surface area contributed by atoms with E-state index in [-0.39, 0.29) is 5.56 Å². The molecule has 1 rings (SSSR count). The van der Waals surface area contributed by atoms with E-state index in [0.29, 0.717) is 0 Å². The molecule has 8 heteroatoms. The molecule has 0 aromatic heterocycles. The molecule has 0 bridgehead atoms. The summed E-state index contributed by atoms with van der Waals surface area (Å²) in [6, 6.07) is 6.64. The first-order valence-corrected chi connectivity index (χ1v) is 4.12. The molecule has 0 unspecified atom stereocenters. The highest BCUT2D eigenvalue weighted by molar-refractivity contribution is 5.61. The molecule has 0 aliphatic heterocycles. The number of para-hydroxylation sites is 1. The Hall–Kier alpha value is -3.00. The van der Waals surface area contributed by atoms with E-state index in [9.17, 15) is 20.2 Å². The van der Waals surface area contributed by atoms with Gasteiger partial charge in [0.15, 0.2) is 0 Å². The molecule has 0 fully saturated rings. The Morgan fingerprint density at radius 2 is 1.71 bits per heavy atom. The second-order valence-electron chi connectivity index (χ2n) is 2.52. The average molecular weight is 234 g/mol. The van der Waals surface area contributed by atoms with Crippen LogP contribution in [0.25, 0.3) is 0 Å². The van der Waals surface area contributed by atoms with E-state index in [4.69, 9.17) is 10.5 Å². The first kappa shape index (κ1) is 14.0. The van der Waals surface area contributed by atoms with Gasteiger partial charge in [0.25, 0.3) is 0 Å². The summed E-state index contributed by atoms with van der Waals surface area (Å²) in [4.78, 5) is 19.0. The van der Waals surface area contributed by atoms with E-state index in [1.54, 1.807) is 6.07 Å². The van der Waals surface area contributed by atoms with Crippen molar-refractivity contribution in [3.63, 3.8) is 0 Å². The van der Waals surface area contributed by atoms with Crippen LogP contribution in [0.2, 0.25) is 0 Å². The lowest BCUT2D eigenvalue weighted by Gasteiger charge is -1.95. The van der Waals surface area contributed by atoms with E-state index in [2.05, 4.69) is 0 Å². The summed E-state index contributed by atoms with van der Waals surface area (Å²) < 4.78 is 0. The van der Waals surface area contributed by atoms with Crippen LogP contribution < -0.4 is 0 Å². The van der Waals surface area contributed by atoms with Crippen molar-refractivity contribution < 1.29 is 9.85 Å². The Bertz CT molecular complexity index is 527. The molecule has 0 saturated carbocycles. The molecular formula is C9H6N4O4. The van der Waals surface area contributed by atoms with E-state index < -0.39 is 21.2 Å². The van der Waals surface area contributed by atoms with E-state index in [1.807, 2.05) is 0 Å². The molecule has 8 nitrogen and oxygen atoms in total. The van der Waals surface area contributed by atoms with Gasteiger partial charge in [-0.25, -0.2) is 0 Å². The first-order valence-electron chi connectivity index (χ1n) is 4.12. The quantitative estimate of drug-likeness (QED) is 0.566. The number of nitro groups is 2. The van der Waals surface area contributed by atoms with Crippen molar-refractivity contribution in [3.05, 3.63) is 44.0 Å². The Morgan fingerprint density at radius 1 is 1.18 bits per heavy atom. The number of benzene rings is 1. The molecule has 17 heavy (non-hydrogen) atoms. The number of hydrogen-bond donors (Lipinski definition) is 0. The van der Waals surface area contributed by atoms with E-state index in [1.165, 1.54) is 19.1 Å². The number of hydrogen-bond acceptors (Lipinski definition) is 6. The largest absolute Gasteiger partial charge is 0.363 e. The molecule has 0 N–H and O–H groups in total. The zero-order chi connectivity index (χ0) is 13.4. The van der Waals surface area contributed by atoms with Crippen LogP contribution in [0.3, 0.4) is 0 Å². The average Bonchev–Trinajstić information content (AvgIpc) is 2.28. The van der Waals surface area contributed by atoms with Gasteiger partial charge >= 0.3 is 11.4 Å². The fraction of sp³-hybridized carbons (Fsp3) is 0.111.